The van der Waals surface area contributed by atoms with Crippen LogP contribution in [0.25, 0.3) is 11.4 Å². The van der Waals surface area contributed by atoms with Crippen molar-refractivity contribution >= 4 is 5.91 Å². The van der Waals surface area contributed by atoms with E-state index in [1.165, 1.54) is 6.07 Å². The molecule has 0 radical (unpaired) electrons. The fourth-order valence-corrected chi connectivity index (χ4v) is 2.95. The molecule has 0 aliphatic carbocycles. The highest BCUT2D eigenvalue weighted by atomic mass is 19.4. The minimum Gasteiger partial charge on any atom is -0.333 e. The number of nitrogens with zero attached hydrogens (tertiary/aromatic N) is 4. The average molecular weight is 338 g/mol. The lowest BCUT2D eigenvalue weighted by Crippen LogP contribution is -2.42. The van der Waals surface area contributed by atoms with Crippen molar-refractivity contribution in [3.63, 3.8) is 0 Å². The molecule has 3 rings (SSSR count). The van der Waals surface area contributed by atoms with Crippen molar-refractivity contribution < 1.29 is 18.0 Å². The van der Waals surface area contributed by atoms with Gasteiger partial charge in [0.05, 0.1) is 12.1 Å². The number of hydrogen-bond donors (Lipinski definition) is 0. The van der Waals surface area contributed by atoms with Crippen molar-refractivity contribution in [3.8, 4) is 11.4 Å². The summed E-state index contributed by atoms with van der Waals surface area (Å²) >= 11 is 0. The molecule has 1 aliphatic rings. The Morgan fingerprint density at radius 3 is 2.71 bits per heavy atom. The number of alkyl halides is 3. The normalized spacial score (nSPS) is 18.0. The first-order chi connectivity index (χ1) is 11.3. The van der Waals surface area contributed by atoms with Gasteiger partial charge in [-0.15, -0.1) is 10.2 Å². The van der Waals surface area contributed by atoms with Gasteiger partial charge in [-0.1, -0.05) is 19.1 Å². The maximum absolute atomic E-state index is 12.9. The Hall–Kier alpha value is -2.38. The molecule has 1 aromatic carbocycles. The molecule has 0 N–H and O–H groups in total. The van der Waals surface area contributed by atoms with Gasteiger partial charge < -0.3 is 4.90 Å². The third-order valence-electron chi connectivity index (χ3n) is 4.10. The van der Waals surface area contributed by atoms with Crippen molar-refractivity contribution in [2.45, 2.75) is 39.0 Å². The molecule has 1 aromatic heterocycles. The summed E-state index contributed by atoms with van der Waals surface area (Å²) in [5.74, 6) is 0.799. The van der Waals surface area contributed by atoms with Crippen LogP contribution in [0.3, 0.4) is 0 Å². The van der Waals surface area contributed by atoms with Gasteiger partial charge in [-0.2, -0.15) is 13.2 Å². The van der Waals surface area contributed by atoms with E-state index in [9.17, 15) is 18.0 Å². The van der Waals surface area contributed by atoms with Gasteiger partial charge >= 0.3 is 6.18 Å². The molecule has 2 heterocycles. The lowest BCUT2D eigenvalue weighted by Gasteiger charge is -2.31. The van der Waals surface area contributed by atoms with Crippen LogP contribution in [0.1, 0.15) is 37.7 Å². The van der Waals surface area contributed by atoms with Gasteiger partial charge in [0, 0.05) is 12.1 Å². The summed E-state index contributed by atoms with van der Waals surface area (Å²) in [5.41, 5.74) is -0.452. The molecule has 128 valence electrons. The van der Waals surface area contributed by atoms with Gasteiger partial charge in [0.2, 0.25) is 5.91 Å². The Labute approximate surface area is 137 Å². The Bertz CT molecular complexity index is 769. The molecule has 0 saturated heterocycles. The SMILES string of the molecule is CCCN1Cc2nnc(-c3cccc(C(F)(F)F)c3)n2[C@H](C)C1=O. The topological polar surface area (TPSA) is 51.0 Å². The Morgan fingerprint density at radius 2 is 2.04 bits per heavy atom. The Kier molecular flexibility index (Phi) is 4.06. The molecular weight excluding hydrogens is 321 g/mol. The fourth-order valence-electron chi connectivity index (χ4n) is 2.95. The zero-order valence-electron chi connectivity index (χ0n) is 13.3. The number of benzene rings is 1. The number of fused-ring (bicyclic) bond motifs is 1. The maximum atomic E-state index is 12.9. The predicted molar refractivity (Wildman–Crippen MR) is 80.9 cm³/mol. The molecule has 0 unspecified atom stereocenters. The summed E-state index contributed by atoms with van der Waals surface area (Å²) in [5, 5.41) is 8.12. The van der Waals surface area contributed by atoms with Crippen LogP contribution in [-0.2, 0) is 17.5 Å². The van der Waals surface area contributed by atoms with Crippen molar-refractivity contribution in [3.05, 3.63) is 35.7 Å². The summed E-state index contributed by atoms with van der Waals surface area (Å²) in [4.78, 5) is 14.2. The van der Waals surface area contributed by atoms with E-state index in [1.807, 2.05) is 6.92 Å². The minimum atomic E-state index is -4.43. The summed E-state index contributed by atoms with van der Waals surface area (Å²) in [6, 6.07) is 4.38. The van der Waals surface area contributed by atoms with Crippen molar-refractivity contribution in [1.29, 1.82) is 0 Å². The second-order valence-corrected chi connectivity index (χ2v) is 5.82. The molecule has 0 bridgehead atoms. The monoisotopic (exact) mass is 338 g/mol. The van der Waals surface area contributed by atoms with E-state index in [4.69, 9.17) is 0 Å². The van der Waals surface area contributed by atoms with Crippen LogP contribution < -0.4 is 0 Å². The molecular formula is C16H17F3N4O. The van der Waals surface area contributed by atoms with Crippen LogP contribution in [0.2, 0.25) is 0 Å². The van der Waals surface area contributed by atoms with Crippen molar-refractivity contribution in [2.75, 3.05) is 6.54 Å². The first-order valence-electron chi connectivity index (χ1n) is 7.73. The highest BCUT2D eigenvalue weighted by Gasteiger charge is 2.34. The largest absolute Gasteiger partial charge is 0.416 e. The summed E-state index contributed by atoms with van der Waals surface area (Å²) in [6.45, 7) is 4.64. The molecule has 1 aliphatic heterocycles. The van der Waals surface area contributed by atoms with E-state index in [-0.39, 0.29) is 11.7 Å². The third kappa shape index (κ3) is 2.76. The predicted octanol–water partition coefficient (Wildman–Crippen LogP) is 3.28. The van der Waals surface area contributed by atoms with Crippen LogP contribution >= 0.6 is 0 Å². The molecule has 24 heavy (non-hydrogen) atoms. The van der Waals surface area contributed by atoms with Gasteiger partial charge in [0.25, 0.3) is 0 Å². The van der Waals surface area contributed by atoms with Crippen molar-refractivity contribution in [1.82, 2.24) is 19.7 Å². The number of aromatic nitrogens is 3. The second kappa shape index (κ2) is 5.92. The standard InChI is InChI=1S/C16H17F3N4O/c1-3-7-22-9-13-20-21-14(23(13)10(2)15(22)24)11-5-4-6-12(8-11)16(17,18)19/h4-6,8,10H,3,7,9H2,1-2H3/t10-/m1/s1. The van der Waals surface area contributed by atoms with Crippen LogP contribution in [0.4, 0.5) is 13.2 Å². The van der Waals surface area contributed by atoms with Crippen LogP contribution in [0, 0.1) is 0 Å². The molecule has 2 aromatic rings. The molecule has 0 saturated carbocycles. The number of halogens is 3. The number of amides is 1. The van der Waals surface area contributed by atoms with E-state index >= 15 is 0 Å². The quantitative estimate of drug-likeness (QED) is 0.863. The maximum Gasteiger partial charge on any atom is 0.416 e. The van der Waals surface area contributed by atoms with Crippen LogP contribution in [0.15, 0.2) is 24.3 Å². The lowest BCUT2D eigenvalue weighted by molar-refractivity contribution is -0.138. The number of carbonyl (C=O) groups excluding carboxylic acids is 1. The van der Waals surface area contributed by atoms with E-state index < -0.39 is 17.8 Å². The minimum absolute atomic E-state index is 0.0719. The third-order valence-corrected chi connectivity index (χ3v) is 4.10. The molecule has 0 spiro atoms. The number of hydrogen-bond acceptors (Lipinski definition) is 3. The van der Waals surface area contributed by atoms with Gasteiger partial charge in [0.1, 0.15) is 6.04 Å². The molecule has 1 amide bonds. The van der Waals surface area contributed by atoms with E-state index in [0.717, 1.165) is 18.6 Å². The van der Waals surface area contributed by atoms with E-state index in [1.54, 1.807) is 22.5 Å². The first kappa shape index (κ1) is 16.5. The van der Waals surface area contributed by atoms with E-state index in [0.29, 0.717) is 24.5 Å². The Balaban J connectivity index is 2.03. The van der Waals surface area contributed by atoms with Gasteiger partial charge in [-0.3, -0.25) is 9.36 Å². The molecule has 1 atom stereocenters. The highest BCUT2D eigenvalue weighted by Crippen LogP contribution is 2.33. The van der Waals surface area contributed by atoms with E-state index in [2.05, 4.69) is 10.2 Å². The summed E-state index contributed by atoms with van der Waals surface area (Å²) < 4.78 is 40.4. The smallest absolute Gasteiger partial charge is 0.333 e. The number of rotatable bonds is 3. The zero-order valence-corrected chi connectivity index (χ0v) is 13.3. The van der Waals surface area contributed by atoms with Crippen LogP contribution in [-0.4, -0.2) is 32.1 Å². The molecule has 5 nitrogen and oxygen atoms in total. The molecule has 8 heteroatoms. The second-order valence-electron chi connectivity index (χ2n) is 5.82. The summed E-state index contributed by atoms with van der Waals surface area (Å²) in [7, 11) is 0. The zero-order chi connectivity index (χ0) is 17.5. The fraction of sp³-hybridized carbons (Fsp3) is 0.438. The first-order valence-corrected chi connectivity index (χ1v) is 7.73. The van der Waals surface area contributed by atoms with Gasteiger partial charge in [-0.05, 0) is 25.5 Å². The van der Waals surface area contributed by atoms with Crippen LogP contribution in [0.5, 0.6) is 0 Å². The van der Waals surface area contributed by atoms with Gasteiger partial charge in [0.15, 0.2) is 11.6 Å². The Morgan fingerprint density at radius 1 is 1.29 bits per heavy atom. The molecule has 0 fully saturated rings. The number of carbonyl (C=O) groups is 1. The van der Waals surface area contributed by atoms with Gasteiger partial charge in [-0.25, -0.2) is 0 Å². The average Bonchev–Trinajstić information content (AvgIpc) is 2.96. The lowest BCUT2D eigenvalue weighted by atomic mass is 10.1. The highest BCUT2D eigenvalue weighted by molar-refractivity contribution is 5.82. The summed E-state index contributed by atoms with van der Waals surface area (Å²) in [6.07, 6.45) is -3.60. The van der Waals surface area contributed by atoms with Crippen molar-refractivity contribution in [2.24, 2.45) is 0 Å².